The third-order valence-corrected chi connectivity index (χ3v) is 3.42. The van der Waals surface area contributed by atoms with Crippen molar-refractivity contribution in [3.8, 4) is 5.75 Å². The normalized spacial score (nSPS) is 12.2. The molecule has 0 unspecified atom stereocenters. The number of methoxy groups -OCH3 is 1. The van der Waals surface area contributed by atoms with Gasteiger partial charge in [0.2, 0.25) is 0 Å². The van der Waals surface area contributed by atoms with Crippen LogP contribution in [0.5, 0.6) is 5.75 Å². The molecule has 0 bridgehead atoms. The van der Waals surface area contributed by atoms with Gasteiger partial charge in [0.25, 0.3) is 0 Å². The fourth-order valence-corrected chi connectivity index (χ4v) is 2.28. The Morgan fingerprint density at radius 3 is 2.63 bits per heavy atom. The second kappa shape index (κ2) is 5.51. The molecule has 0 aromatic heterocycles. The Morgan fingerprint density at radius 2 is 1.95 bits per heavy atom. The Kier molecular flexibility index (Phi) is 3.98. The van der Waals surface area contributed by atoms with Gasteiger partial charge in [0.05, 0.1) is 7.11 Å². The van der Waals surface area contributed by atoms with Crippen molar-refractivity contribution in [2.75, 3.05) is 12.8 Å². The van der Waals surface area contributed by atoms with Crippen LogP contribution in [0, 0.1) is 6.92 Å². The molecule has 0 saturated carbocycles. The molecule has 4 heteroatoms. The number of rotatable bonds is 3. The van der Waals surface area contributed by atoms with Gasteiger partial charge >= 0.3 is 0 Å². The fraction of sp³-hybridized carbons (Fsp3) is 0.200. The van der Waals surface area contributed by atoms with Crippen LogP contribution in [0.4, 0.5) is 5.69 Å². The summed E-state index contributed by atoms with van der Waals surface area (Å²) in [5.41, 5.74) is 8.66. The number of aliphatic hydroxyl groups excluding tert-OH is 1. The van der Waals surface area contributed by atoms with Crippen molar-refractivity contribution in [1.82, 2.24) is 0 Å². The van der Waals surface area contributed by atoms with Crippen LogP contribution in [0.2, 0.25) is 5.02 Å². The van der Waals surface area contributed by atoms with Gasteiger partial charge in [-0.05, 0) is 42.3 Å². The van der Waals surface area contributed by atoms with Gasteiger partial charge in [-0.2, -0.15) is 0 Å². The lowest BCUT2D eigenvalue weighted by Crippen LogP contribution is -2.06. The molecule has 0 aliphatic heterocycles. The molecule has 3 N–H and O–H groups in total. The molecular formula is C15H16ClNO2. The van der Waals surface area contributed by atoms with Crippen LogP contribution in [-0.4, -0.2) is 12.2 Å². The number of ether oxygens (including phenoxy) is 1. The van der Waals surface area contributed by atoms with Gasteiger partial charge in [0, 0.05) is 16.3 Å². The van der Waals surface area contributed by atoms with Crippen molar-refractivity contribution in [2.24, 2.45) is 0 Å². The summed E-state index contributed by atoms with van der Waals surface area (Å²) in [6, 6.07) is 10.6. The fourth-order valence-electron chi connectivity index (χ4n) is 2.10. The second-order valence-corrected chi connectivity index (χ2v) is 4.79. The Hall–Kier alpha value is -1.71. The molecule has 0 radical (unpaired) electrons. The predicted molar refractivity (Wildman–Crippen MR) is 77.7 cm³/mol. The van der Waals surface area contributed by atoms with Gasteiger partial charge in [0.15, 0.2) is 0 Å². The van der Waals surface area contributed by atoms with E-state index in [9.17, 15) is 5.11 Å². The third kappa shape index (κ3) is 2.67. The number of aliphatic hydroxyl groups is 1. The van der Waals surface area contributed by atoms with E-state index in [1.807, 2.05) is 25.1 Å². The van der Waals surface area contributed by atoms with E-state index in [4.69, 9.17) is 22.1 Å². The lowest BCUT2D eigenvalue weighted by Gasteiger charge is -2.18. The minimum absolute atomic E-state index is 0.513. The Bertz CT molecular complexity index is 599. The van der Waals surface area contributed by atoms with Crippen LogP contribution < -0.4 is 10.5 Å². The highest BCUT2D eigenvalue weighted by Crippen LogP contribution is 2.33. The first-order valence-electron chi connectivity index (χ1n) is 5.91. The van der Waals surface area contributed by atoms with Gasteiger partial charge in [-0.3, -0.25) is 0 Å². The Labute approximate surface area is 117 Å². The smallest absolute Gasteiger partial charge is 0.122 e. The van der Waals surface area contributed by atoms with Crippen LogP contribution in [-0.2, 0) is 0 Å². The van der Waals surface area contributed by atoms with Crippen LogP contribution in [0.25, 0.3) is 0 Å². The molecule has 2 aromatic rings. The number of hydrogen-bond donors (Lipinski definition) is 2. The Morgan fingerprint density at radius 1 is 1.21 bits per heavy atom. The van der Waals surface area contributed by atoms with Gasteiger partial charge < -0.3 is 15.6 Å². The average molecular weight is 278 g/mol. The monoisotopic (exact) mass is 277 g/mol. The first kappa shape index (κ1) is 13.7. The number of nitrogen functional groups attached to an aromatic ring is 1. The standard InChI is InChI=1S/C15H16ClNO2/c1-9-11(4-3-5-14(9)19-2)15(18)12-8-10(16)6-7-13(12)17/h3-8,15,18H,17H2,1-2H3/t15-/m0/s1. The number of nitrogens with two attached hydrogens (primary N) is 1. The molecule has 0 fully saturated rings. The van der Waals surface area contributed by atoms with Crippen molar-refractivity contribution in [2.45, 2.75) is 13.0 Å². The molecule has 100 valence electrons. The van der Waals surface area contributed by atoms with E-state index in [2.05, 4.69) is 0 Å². The van der Waals surface area contributed by atoms with Crippen LogP contribution in [0.3, 0.4) is 0 Å². The zero-order valence-electron chi connectivity index (χ0n) is 10.9. The van der Waals surface area contributed by atoms with E-state index < -0.39 is 6.10 Å². The summed E-state index contributed by atoms with van der Waals surface area (Å²) in [5.74, 6) is 0.733. The molecule has 0 aliphatic rings. The molecule has 0 spiro atoms. The molecule has 0 heterocycles. The summed E-state index contributed by atoms with van der Waals surface area (Å²) in [6.07, 6.45) is -0.825. The van der Waals surface area contributed by atoms with Crippen LogP contribution in [0.1, 0.15) is 22.8 Å². The minimum atomic E-state index is -0.825. The highest BCUT2D eigenvalue weighted by Gasteiger charge is 2.17. The van der Waals surface area contributed by atoms with E-state index in [-0.39, 0.29) is 0 Å². The lowest BCUT2D eigenvalue weighted by atomic mass is 9.96. The van der Waals surface area contributed by atoms with Gasteiger partial charge in [-0.15, -0.1) is 0 Å². The molecule has 0 amide bonds. The van der Waals surface area contributed by atoms with Gasteiger partial charge in [-0.1, -0.05) is 23.7 Å². The number of hydrogen-bond acceptors (Lipinski definition) is 3. The largest absolute Gasteiger partial charge is 0.496 e. The zero-order chi connectivity index (χ0) is 14.0. The van der Waals surface area contributed by atoms with Gasteiger partial charge in [-0.25, -0.2) is 0 Å². The molecule has 0 aliphatic carbocycles. The summed E-state index contributed by atoms with van der Waals surface area (Å²) in [6.45, 7) is 1.90. The maximum atomic E-state index is 10.5. The first-order valence-corrected chi connectivity index (χ1v) is 6.29. The first-order chi connectivity index (χ1) is 9.04. The lowest BCUT2D eigenvalue weighted by molar-refractivity contribution is 0.219. The summed E-state index contributed by atoms with van der Waals surface area (Å²) < 4.78 is 5.26. The van der Waals surface area contributed by atoms with Crippen molar-refractivity contribution in [3.05, 3.63) is 58.1 Å². The minimum Gasteiger partial charge on any atom is -0.496 e. The van der Waals surface area contributed by atoms with Crippen LogP contribution in [0.15, 0.2) is 36.4 Å². The maximum Gasteiger partial charge on any atom is 0.122 e. The number of halogens is 1. The van der Waals surface area contributed by atoms with E-state index in [0.717, 1.165) is 16.9 Å². The molecule has 3 nitrogen and oxygen atoms in total. The average Bonchev–Trinajstić information content (AvgIpc) is 2.41. The number of anilines is 1. The molecule has 0 saturated heterocycles. The van der Waals surface area contributed by atoms with Crippen molar-refractivity contribution in [1.29, 1.82) is 0 Å². The molecule has 2 aromatic carbocycles. The van der Waals surface area contributed by atoms with E-state index >= 15 is 0 Å². The van der Waals surface area contributed by atoms with Crippen molar-refractivity contribution >= 4 is 17.3 Å². The zero-order valence-corrected chi connectivity index (χ0v) is 11.6. The van der Waals surface area contributed by atoms with Gasteiger partial charge in [0.1, 0.15) is 11.9 Å². The van der Waals surface area contributed by atoms with Crippen molar-refractivity contribution in [3.63, 3.8) is 0 Å². The molecule has 1 atom stereocenters. The molecule has 19 heavy (non-hydrogen) atoms. The number of benzene rings is 2. The molecule has 2 rings (SSSR count). The predicted octanol–water partition coefficient (Wildman–Crippen LogP) is 3.32. The summed E-state index contributed by atoms with van der Waals surface area (Å²) in [5, 5.41) is 11.0. The van der Waals surface area contributed by atoms with E-state index in [1.54, 1.807) is 25.3 Å². The quantitative estimate of drug-likeness (QED) is 0.846. The SMILES string of the molecule is COc1cccc([C@H](O)c2cc(Cl)ccc2N)c1C. The summed E-state index contributed by atoms with van der Waals surface area (Å²) in [4.78, 5) is 0. The van der Waals surface area contributed by atoms with E-state index in [1.165, 1.54) is 0 Å². The second-order valence-electron chi connectivity index (χ2n) is 4.35. The Balaban J connectivity index is 2.50. The van der Waals surface area contributed by atoms with Crippen molar-refractivity contribution < 1.29 is 9.84 Å². The molecular weight excluding hydrogens is 262 g/mol. The highest BCUT2D eigenvalue weighted by molar-refractivity contribution is 6.30. The third-order valence-electron chi connectivity index (χ3n) is 3.18. The maximum absolute atomic E-state index is 10.5. The van der Waals surface area contributed by atoms with Crippen LogP contribution >= 0.6 is 11.6 Å². The topological polar surface area (TPSA) is 55.5 Å². The summed E-state index contributed by atoms with van der Waals surface area (Å²) >= 11 is 5.96. The highest BCUT2D eigenvalue weighted by atomic mass is 35.5. The summed E-state index contributed by atoms with van der Waals surface area (Å²) in [7, 11) is 1.60. The van der Waals surface area contributed by atoms with E-state index in [0.29, 0.717) is 16.3 Å².